The molecule has 0 radical (unpaired) electrons. The first kappa shape index (κ1) is 36.3. The van der Waals surface area contributed by atoms with E-state index in [0.29, 0.717) is 25.5 Å². The van der Waals surface area contributed by atoms with E-state index in [0.717, 1.165) is 39.0 Å². The van der Waals surface area contributed by atoms with E-state index in [1.165, 1.54) is 31.8 Å². The number of unbranched alkanes of at least 4 members (excludes halogenated alkanes) is 7. The lowest BCUT2D eigenvalue weighted by Gasteiger charge is -2.21. The summed E-state index contributed by atoms with van der Waals surface area (Å²) in [6.45, 7) is 2.46. The van der Waals surface area contributed by atoms with Gasteiger partial charge in [-0.05, 0) is 37.8 Å². The van der Waals surface area contributed by atoms with Crippen molar-refractivity contribution in [2.75, 3.05) is 26.2 Å². The van der Waals surface area contributed by atoms with Crippen LogP contribution in [-0.2, 0) is 9.53 Å². The molecule has 0 aromatic heterocycles. The lowest BCUT2D eigenvalue weighted by Crippen LogP contribution is -2.51. The quantitative estimate of drug-likeness (QED) is 0.128. The van der Waals surface area contributed by atoms with Crippen molar-refractivity contribution in [1.82, 2.24) is 10.6 Å². The number of primary amides is 1. The van der Waals surface area contributed by atoms with E-state index in [-0.39, 0.29) is 23.7 Å². The summed E-state index contributed by atoms with van der Waals surface area (Å²) in [6.07, 6.45) is 7.96. The summed E-state index contributed by atoms with van der Waals surface area (Å²) in [4.78, 5) is 29.0. The van der Waals surface area contributed by atoms with Crippen LogP contribution in [0.15, 0.2) is 21.8 Å². The lowest BCUT2D eigenvalue weighted by atomic mass is 10.1. The van der Waals surface area contributed by atoms with Gasteiger partial charge in [0.05, 0.1) is 6.61 Å². The second kappa shape index (κ2) is 18.6. The number of carboxylic acid groups (broad SMARTS) is 1. The fourth-order valence-electron chi connectivity index (χ4n) is 3.64. The number of hydrogen-bond donors (Lipinski definition) is 4. The second-order valence-corrected chi connectivity index (χ2v) is 10.4. The Hall–Kier alpha value is -2.77. The van der Waals surface area contributed by atoms with Crippen LogP contribution >= 0.6 is 0 Å². The van der Waals surface area contributed by atoms with Crippen LogP contribution in [0.3, 0.4) is 0 Å². The molecule has 236 valence electrons. The highest BCUT2D eigenvalue weighted by Crippen LogP contribution is 2.29. The van der Waals surface area contributed by atoms with E-state index in [4.69, 9.17) is 15.6 Å². The van der Waals surface area contributed by atoms with Crippen molar-refractivity contribution < 1.29 is 41.4 Å². The average molecular weight is 598 g/mol. The zero-order valence-electron chi connectivity index (χ0n) is 23.9. The summed E-state index contributed by atoms with van der Waals surface area (Å²) in [5.41, 5.74) is 4.92. The molecule has 0 saturated heterocycles. The fourth-order valence-corrected chi connectivity index (χ4v) is 3.64. The van der Waals surface area contributed by atoms with Crippen LogP contribution in [0.1, 0.15) is 84.5 Å². The number of alkyl halides is 5. The molecule has 1 aliphatic carbocycles. The molecule has 1 atom stereocenters. The van der Waals surface area contributed by atoms with E-state index >= 15 is 0 Å². The molecular weight excluding hydrogens is 553 g/mol. The molecular formula is C27H44F5N5O4. The third kappa shape index (κ3) is 18.3. The highest BCUT2D eigenvalue weighted by atomic mass is 19.4. The molecule has 1 heterocycles. The molecule has 0 bridgehead atoms. The molecule has 1 unspecified atom stereocenters. The maximum absolute atomic E-state index is 12.8. The molecule has 1 aliphatic heterocycles. The summed E-state index contributed by atoms with van der Waals surface area (Å²) in [5, 5.41) is 13.3. The fraction of sp³-hybridized carbons (Fsp3) is 0.778. The smallest absolute Gasteiger partial charge is 0.405 e. The summed E-state index contributed by atoms with van der Waals surface area (Å²) in [6, 6.07) is -2.69. The number of carbonyl (C=O) groups excluding carboxylic acids is 1. The third-order valence-electron chi connectivity index (χ3n) is 6.17. The minimum atomic E-state index is -4.39. The number of amides is 2. The first-order chi connectivity index (χ1) is 19.2. The van der Waals surface area contributed by atoms with Gasteiger partial charge in [0.25, 0.3) is 5.92 Å². The second-order valence-electron chi connectivity index (χ2n) is 10.4. The van der Waals surface area contributed by atoms with Gasteiger partial charge in [0.15, 0.2) is 0 Å². The van der Waals surface area contributed by atoms with Crippen LogP contribution < -0.4 is 16.4 Å². The van der Waals surface area contributed by atoms with Crippen LogP contribution in [0.5, 0.6) is 0 Å². The van der Waals surface area contributed by atoms with Gasteiger partial charge in [0.1, 0.15) is 24.0 Å². The van der Waals surface area contributed by atoms with E-state index in [9.17, 15) is 31.5 Å². The predicted octanol–water partition coefficient (Wildman–Crippen LogP) is 5.60. The Balaban J connectivity index is 0.000000410. The van der Waals surface area contributed by atoms with Gasteiger partial charge >= 0.3 is 18.2 Å². The van der Waals surface area contributed by atoms with Crippen molar-refractivity contribution in [3.8, 4) is 0 Å². The summed E-state index contributed by atoms with van der Waals surface area (Å²) < 4.78 is 69.1. The highest BCUT2D eigenvalue weighted by molar-refractivity contribution is 6.40. The van der Waals surface area contributed by atoms with Crippen molar-refractivity contribution >= 4 is 23.6 Å². The molecule has 1 fully saturated rings. The van der Waals surface area contributed by atoms with E-state index in [2.05, 4.69) is 22.2 Å². The Labute approximate surface area is 238 Å². The van der Waals surface area contributed by atoms with E-state index < -0.39 is 43.2 Å². The minimum Gasteiger partial charge on any atom is -0.477 e. The summed E-state index contributed by atoms with van der Waals surface area (Å²) in [5.74, 6) is -3.57. The van der Waals surface area contributed by atoms with Crippen LogP contribution in [-0.4, -0.2) is 73.1 Å². The number of carbonyl (C=O) groups is 2. The number of aliphatic imine (C=N–C) groups is 2. The van der Waals surface area contributed by atoms with Crippen molar-refractivity contribution in [3.05, 3.63) is 11.8 Å². The molecule has 2 rings (SSSR count). The first-order valence-electron chi connectivity index (χ1n) is 14.1. The van der Waals surface area contributed by atoms with Crippen molar-refractivity contribution in [2.24, 2.45) is 21.6 Å². The number of hydrogen-bond acceptors (Lipinski definition) is 6. The average Bonchev–Trinajstić information content (AvgIpc) is 3.70. The van der Waals surface area contributed by atoms with Gasteiger partial charge in [-0.2, -0.15) is 13.2 Å². The Bertz CT molecular complexity index is 900. The summed E-state index contributed by atoms with van der Waals surface area (Å²) in [7, 11) is 0. The van der Waals surface area contributed by atoms with Gasteiger partial charge < -0.3 is 26.2 Å². The monoisotopic (exact) mass is 597 g/mol. The van der Waals surface area contributed by atoms with E-state index in [1.807, 2.05) is 5.32 Å². The van der Waals surface area contributed by atoms with Crippen LogP contribution in [0.25, 0.3) is 0 Å². The molecule has 1 saturated carbocycles. The number of nitrogens with zero attached hydrogens (tertiary/aromatic N) is 2. The summed E-state index contributed by atoms with van der Waals surface area (Å²) >= 11 is 0. The van der Waals surface area contributed by atoms with Gasteiger partial charge in [-0.1, -0.05) is 51.9 Å². The van der Waals surface area contributed by atoms with Crippen LogP contribution in [0.2, 0.25) is 0 Å². The number of urea groups is 1. The van der Waals surface area contributed by atoms with Crippen LogP contribution in [0.4, 0.5) is 26.7 Å². The highest BCUT2D eigenvalue weighted by Gasteiger charge is 2.39. The molecule has 41 heavy (non-hydrogen) atoms. The SMILES string of the molecule is CC(F)(F)CN=C1CC=C(C(=O)O)N=C1OCC1CC1.CCCCCCCCCCNC(CNC(N)=O)C(F)(F)F. The molecule has 0 aromatic carbocycles. The molecule has 2 aliphatic rings. The molecule has 9 nitrogen and oxygen atoms in total. The number of rotatable bonds is 17. The number of ether oxygens (including phenoxy) is 1. The zero-order chi connectivity index (χ0) is 30.9. The predicted molar refractivity (Wildman–Crippen MR) is 147 cm³/mol. The first-order valence-corrected chi connectivity index (χ1v) is 14.1. The number of nitrogens with two attached hydrogens (primary N) is 1. The third-order valence-corrected chi connectivity index (χ3v) is 6.17. The van der Waals surface area contributed by atoms with Crippen molar-refractivity contribution in [1.29, 1.82) is 0 Å². The van der Waals surface area contributed by atoms with Gasteiger partial charge in [-0.15, -0.1) is 0 Å². The van der Waals surface area contributed by atoms with Gasteiger partial charge in [0, 0.05) is 19.9 Å². The maximum Gasteiger partial charge on any atom is 0.405 e. The molecule has 0 aromatic rings. The lowest BCUT2D eigenvalue weighted by molar-refractivity contribution is -0.154. The zero-order valence-corrected chi connectivity index (χ0v) is 23.9. The van der Waals surface area contributed by atoms with Gasteiger partial charge in [-0.3, -0.25) is 4.99 Å². The molecule has 5 N–H and O–H groups in total. The number of nitrogens with one attached hydrogen (secondary N) is 2. The van der Waals surface area contributed by atoms with Crippen molar-refractivity contribution in [2.45, 2.75) is 103 Å². The number of halogens is 5. The topological polar surface area (TPSA) is 138 Å². The maximum atomic E-state index is 12.8. The minimum absolute atomic E-state index is 0.0565. The van der Waals surface area contributed by atoms with Gasteiger partial charge in [0.2, 0.25) is 5.90 Å². The largest absolute Gasteiger partial charge is 0.477 e. The number of aliphatic carboxylic acids is 1. The normalized spacial score (nSPS) is 17.2. The Morgan fingerprint density at radius 3 is 2.24 bits per heavy atom. The number of carboxylic acids is 1. The van der Waals surface area contributed by atoms with Crippen molar-refractivity contribution in [3.63, 3.8) is 0 Å². The Kier molecular flexibility index (Phi) is 16.5. The number of allylic oxidation sites excluding steroid dienone is 1. The Morgan fingerprint density at radius 2 is 1.73 bits per heavy atom. The molecule has 14 heteroatoms. The van der Waals surface area contributed by atoms with E-state index in [1.54, 1.807) is 0 Å². The molecule has 0 spiro atoms. The van der Waals surface area contributed by atoms with Gasteiger partial charge in [-0.25, -0.2) is 23.4 Å². The Morgan fingerprint density at radius 1 is 1.12 bits per heavy atom. The molecule has 2 amide bonds. The van der Waals surface area contributed by atoms with Crippen LogP contribution in [0, 0.1) is 5.92 Å². The standard InChI is InChI=1S/C14H28F3N3O.C13H16F2N2O3/c1-2-3-4-5-6-7-8-9-10-19-12(14(15,16)17)11-20-13(18)21;1-13(14,15)7-16-9-4-5-10(12(18)19)17-11(9)20-6-8-2-3-8/h12,19H,2-11H2,1H3,(H3,18,20,21);5,8H,2-4,6-7H2,1H3,(H,18,19).